The molecule has 6 rings (SSSR count). The molecule has 5 atom stereocenters. The van der Waals surface area contributed by atoms with Crippen molar-refractivity contribution in [3.8, 4) is 0 Å². The van der Waals surface area contributed by atoms with E-state index in [4.69, 9.17) is 28.8 Å². The van der Waals surface area contributed by atoms with Crippen LogP contribution in [0.2, 0.25) is 0 Å². The molecule has 1 heterocycles. The Labute approximate surface area is 334 Å². The number of rotatable bonds is 18. The molecule has 308 valence electrons. The summed E-state index contributed by atoms with van der Waals surface area (Å²) in [7, 11) is 1.56. The van der Waals surface area contributed by atoms with Crippen molar-refractivity contribution in [3.63, 3.8) is 0 Å². The molecule has 0 bridgehead atoms. The Kier molecular flexibility index (Phi) is 13.5. The number of ether oxygens (including phenoxy) is 5. The van der Waals surface area contributed by atoms with E-state index in [2.05, 4.69) is 5.32 Å². The fourth-order valence-corrected chi connectivity index (χ4v) is 7.55. The van der Waals surface area contributed by atoms with Gasteiger partial charge in [-0.05, 0) is 88.3 Å². The van der Waals surface area contributed by atoms with Crippen LogP contribution < -0.4 is 5.32 Å². The van der Waals surface area contributed by atoms with Crippen LogP contribution in [0.5, 0.6) is 0 Å². The Morgan fingerprint density at radius 2 is 1.67 bits per heavy atom. The van der Waals surface area contributed by atoms with Gasteiger partial charge in [0.1, 0.15) is 36.6 Å². The molecule has 2 aromatic carbocycles. The topological polar surface area (TPSA) is 170 Å². The van der Waals surface area contributed by atoms with Gasteiger partial charge in [-0.2, -0.15) is 0 Å². The lowest BCUT2D eigenvalue weighted by atomic mass is 9.90. The lowest BCUT2D eigenvalue weighted by molar-refractivity contribution is -0.209. The second-order valence-corrected chi connectivity index (χ2v) is 16.4. The zero-order valence-corrected chi connectivity index (χ0v) is 33.3. The molecule has 2 saturated carbocycles. The minimum absolute atomic E-state index is 0.0106. The van der Waals surface area contributed by atoms with Crippen molar-refractivity contribution < 1.29 is 53.1 Å². The van der Waals surface area contributed by atoms with Gasteiger partial charge in [-0.15, -0.1) is 0 Å². The van der Waals surface area contributed by atoms with E-state index in [1.54, 1.807) is 64.2 Å². The normalized spacial score (nSPS) is 22.5. The second kappa shape index (κ2) is 18.4. The first-order chi connectivity index (χ1) is 27.3. The van der Waals surface area contributed by atoms with Crippen LogP contribution in [-0.2, 0) is 44.5 Å². The van der Waals surface area contributed by atoms with Crippen LogP contribution in [0.25, 0.3) is 6.08 Å². The van der Waals surface area contributed by atoms with Crippen molar-refractivity contribution >= 4 is 29.8 Å². The molecule has 0 radical (unpaired) electrons. The molecule has 3 fully saturated rings. The summed E-state index contributed by atoms with van der Waals surface area (Å²) in [6, 6.07) is 14.4. The fourth-order valence-electron chi connectivity index (χ4n) is 7.55. The monoisotopic (exact) mass is 788 g/mol. The van der Waals surface area contributed by atoms with Crippen molar-refractivity contribution in [2.75, 3.05) is 26.9 Å². The molecule has 3 aliphatic carbocycles. The Bertz CT molecular complexity index is 1770. The molecule has 1 saturated heterocycles. The number of hydrogen-bond acceptors (Lipinski definition) is 11. The van der Waals surface area contributed by atoms with Crippen LogP contribution in [0, 0.1) is 11.8 Å². The molecule has 3 N–H and O–H groups in total. The van der Waals surface area contributed by atoms with Gasteiger partial charge in [0.25, 0.3) is 0 Å². The number of hydrogen-bond donors (Lipinski definition) is 3. The number of likely N-dealkylation sites (N-methyl/N-ethyl adjacent to an activating group) is 1. The highest BCUT2D eigenvalue weighted by atomic mass is 16.8. The summed E-state index contributed by atoms with van der Waals surface area (Å²) in [6.07, 6.45) is 7.12. The molecule has 13 heteroatoms. The summed E-state index contributed by atoms with van der Waals surface area (Å²) < 4.78 is 30.3. The number of amides is 2. The summed E-state index contributed by atoms with van der Waals surface area (Å²) in [5.74, 6) is -2.26. The summed E-state index contributed by atoms with van der Waals surface area (Å²) in [5.41, 5.74) is 1.59. The van der Waals surface area contributed by atoms with Gasteiger partial charge in [0.15, 0.2) is 5.79 Å². The molecule has 2 aromatic rings. The predicted molar refractivity (Wildman–Crippen MR) is 209 cm³/mol. The largest absolute Gasteiger partial charge is 0.499 e. The SMILES string of the molecule is CN(C(=O)C1=CC2OC(C3CC3)(C3CC3)OC2C(OC(=O)c2ccc(C=COCCO)cc2)C1)C(Cc1ccccc1)C(=O)NC(CO)CCC(=O)OC(C)(C)C. The average molecular weight is 789 g/mol. The van der Waals surface area contributed by atoms with Crippen molar-refractivity contribution in [3.05, 3.63) is 89.2 Å². The minimum Gasteiger partial charge on any atom is -0.499 e. The Balaban J connectivity index is 1.21. The minimum atomic E-state index is -0.991. The van der Waals surface area contributed by atoms with Gasteiger partial charge in [-0.3, -0.25) is 14.4 Å². The number of aliphatic hydroxyl groups is 2. The summed E-state index contributed by atoms with van der Waals surface area (Å²) in [5, 5.41) is 21.9. The molecule has 5 unspecified atom stereocenters. The van der Waals surface area contributed by atoms with Crippen LogP contribution in [0.15, 0.2) is 72.5 Å². The number of benzene rings is 2. The van der Waals surface area contributed by atoms with Crippen LogP contribution in [0.3, 0.4) is 0 Å². The van der Waals surface area contributed by atoms with E-state index in [1.165, 1.54) is 11.2 Å². The van der Waals surface area contributed by atoms with Gasteiger partial charge in [0, 0.05) is 43.7 Å². The Morgan fingerprint density at radius 3 is 2.28 bits per heavy atom. The molecule has 0 aromatic heterocycles. The van der Waals surface area contributed by atoms with Gasteiger partial charge in [0.2, 0.25) is 11.8 Å². The Hall–Kier alpha value is -4.56. The Morgan fingerprint density at radius 1 is 0.982 bits per heavy atom. The van der Waals surface area contributed by atoms with Crippen molar-refractivity contribution in [2.45, 2.75) is 114 Å². The lowest BCUT2D eigenvalue weighted by Gasteiger charge is -2.34. The van der Waals surface area contributed by atoms with E-state index < -0.39 is 72.1 Å². The zero-order valence-electron chi connectivity index (χ0n) is 33.3. The lowest BCUT2D eigenvalue weighted by Crippen LogP contribution is -2.53. The third-order valence-electron chi connectivity index (χ3n) is 10.7. The van der Waals surface area contributed by atoms with E-state index in [1.807, 2.05) is 30.3 Å². The van der Waals surface area contributed by atoms with E-state index in [9.17, 15) is 24.3 Å². The van der Waals surface area contributed by atoms with Gasteiger partial charge in [-0.1, -0.05) is 42.5 Å². The van der Waals surface area contributed by atoms with Crippen LogP contribution >= 0.6 is 0 Å². The number of fused-ring (bicyclic) bond motifs is 1. The maximum atomic E-state index is 14.5. The van der Waals surface area contributed by atoms with Crippen LogP contribution in [0.4, 0.5) is 0 Å². The first-order valence-corrected chi connectivity index (χ1v) is 20.0. The summed E-state index contributed by atoms with van der Waals surface area (Å²) in [4.78, 5) is 56.1. The smallest absolute Gasteiger partial charge is 0.338 e. The number of carbonyl (C=O) groups excluding carboxylic acids is 4. The molecule has 0 spiro atoms. The number of carbonyl (C=O) groups is 4. The van der Waals surface area contributed by atoms with Gasteiger partial charge in [-0.25, -0.2) is 4.79 Å². The van der Waals surface area contributed by atoms with E-state index >= 15 is 0 Å². The highest BCUT2D eigenvalue weighted by Gasteiger charge is 2.64. The molecular formula is C44H56N2O11. The molecule has 13 nitrogen and oxygen atoms in total. The molecular weight excluding hydrogens is 732 g/mol. The quantitative estimate of drug-likeness (QED) is 0.111. The average Bonchev–Trinajstić information content (AvgIpc) is 4.14. The maximum Gasteiger partial charge on any atom is 0.338 e. The van der Waals surface area contributed by atoms with Crippen molar-refractivity contribution in [1.82, 2.24) is 10.2 Å². The molecule has 57 heavy (non-hydrogen) atoms. The molecule has 2 amide bonds. The third kappa shape index (κ3) is 10.9. The van der Waals surface area contributed by atoms with Crippen LogP contribution in [-0.4, -0.2) is 108 Å². The number of esters is 2. The summed E-state index contributed by atoms with van der Waals surface area (Å²) in [6.45, 7) is 4.98. The van der Waals surface area contributed by atoms with Crippen molar-refractivity contribution in [1.29, 1.82) is 0 Å². The van der Waals surface area contributed by atoms with Gasteiger partial charge >= 0.3 is 11.9 Å². The van der Waals surface area contributed by atoms with E-state index in [-0.39, 0.29) is 50.7 Å². The fraction of sp³-hybridized carbons (Fsp3) is 0.545. The second-order valence-electron chi connectivity index (χ2n) is 16.4. The maximum absolute atomic E-state index is 14.5. The van der Waals surface area contributed by atoms with Crippen molar-refractivity contribution in [2.24, 2.45) is 11.8 Å². The number of aliphatic hydroxyl groups excluding tert-OH is 2. The highest BCUT2D eigenvalue weighted by Crippen LogP contribution is 2.59. The zero-order chi connectivity index (χ0) is 40.7. The standard InChI is InChI=1S/C44H56N2O11/c1-43(2,3)56-38(49)19-18-34(27-48)45-40(50)35(24-29-8-6-5-7-9-29)46(4)41(51)31-25-36(39-37(26-31)55-44(57-39,32-14-15-32)33-16-17-33)54-42(52)30-12-10-28(11-13-30)20-22-53-23-21-47/h5-13,20,22,26,32-37,39,47-48H,14-19,21,23-25,27H2,1-4H3,(H,45,50). The van der Waals surface area contributed by atoms with Gasteiger partial charge in [0.05, 0.1) is 31.1 Å². The third-order valence-corrected chi connectivity index (χ3v) is 10.7. The number of nitrogens with zero attached hydrogens (tertiary/aromatic N) is 1. The first-order valence-electron chi connectivity index (χ1n) is 20.0. The number of nitrogens with one attached hydrogen (secondary N) is 1. The highest BCUT2D eigenvalue weighted by molar-refractivity contribution is 5.97. The molecule has 1 aliphatic heterocycles. The first kappa shape index (κ1) is 42.1. The van der Waals surface area contributed by atoms with E-state index in [0.29, 0.717) is 11.1 Å². The van der Waals surface area contributed by atoms with Crippen LogP contribution in [0.1, 0.15) is 87.2 Å². The molecule has 4 aliphatic rings. The summed E-state index contributed by atoms with van der Waals surface area (Å²) >= 11 is 0. The predicted octanol–water partition coefficient (Wildman–Crippen LogP) is 4.49. The van der Waals surface area contributed by atoms with E-state index in [0.717, 1.165) is 36.8 Å². The van der Waals surface area contributed by atoms with Gasteiger partial charge < -0.3 is 44.1 Å².